The van der Waals surface area contributed by atoms with Crippen molar-refractivity contribution in [1.29, 1.82) is 0 Å². The van der Waals surface area contributed by atoms with E-state index < -0.39 is 10.2 Å². The fourth-order valence-electron chi connectivity index (χ4n) is 3.25. The van der Waals surface area contributed by atoms with Gasteiger partial charge < -0.3 is 0 Å². The van der Waals surface area contributed by atoms with Crippen LogP contribution in [0.4, 0.5) is 0 Å². The van der Waals surface area contributed by atoms with Gasteiger partial charge in [0.1, 0.15) is 0 Å². The van der Waals surface area contributed by atoms with E-state index in [2.05, 4.69) is 11.6 Å². The van der Waals surface area contributed by atoms with Crippen molar-refractivity contribution < 1.29 is 8.42 Å². The topological polar surface area (TPSA) is 49.4 Å². The van der Waals surface area contributed by atoms with Crippen LogP contribution >= 0.6 is 0 Å². The largest absolute Gasteiger partial charge is 0.279 e. The molecule has 0 aromatic heterocycles. The first kappa shape index (κ1) is 14.3. The molecule has 0 heterocycles. The van der Waals surface area contributed by atoms with E-state index in [1.807, 2.05) is 0 Å². The molecule has 1 N–H and O–H groups in total. The van der Waals surface area contributed by atoms with Crippen LogP contribution in [0, 0.1) is 5.92 Å². The van der Waals surface area contributed by atoms with Crippen molar-refractivity contribution in [3.8, 4) is 0 Å². The molecule has 0 radical (unpaired) electrons. The van der Waals surface area contributed by atoms with E-state index in [1.54, 1.807) is 11.4 Å². The van der Waals surface area contributed by atoms with Crippen LogP contribution < -0.4 is 4.72 Å². The Balaban J connectivity index is 1.92. The molecule has 2 atom stereocenters. The minimum absolute atomic E-state index is 0.149. The smallest absolute Gasteiger partial charge is 0.199 e. The van der Waals surface area contributed by atoms with Gasteiger partial charge >= 0.3 is 0 Å². The molecule has 0 spiro atoms. The summed E-state index contributed by atoms with van der Waals surface area (Å²) in [7, 11) is -1.55. The highest BCUT2D eigenvalue weighted by Gasteiger charge is 2.31. The maximum atomic E-state index is 12.3. The van der Waals surface area contributed by atoms with Crippen LogP contribution in [0.3, 0.4) is 0 Å². The molecule has 4 nitrogen and oxygen atoms in total. The molecule has 0 amide bonds. The van der Waals surface area contributed by atoms with Crippen LogP contribution in [0.1, 0.15) is 58.3 Å². The summed E-state index contributed by atoms with van der Waals surface area (Å²) in [6.07, 6.45) is 8.70. The minimum Gasteiger partial charge on any atom is -0.199 e. The van der Waals surface area contributed by atoms with Gasteiger partial charge in [-0.1, -0.05) is 26.2 Å². The number of nitrogens with zero attached hydrogens (tertiary/aromatic N) is 1. The number of hydrogen-bond acceptors (Lipinski definition) is 2. The first-order valence-electron chi connectivity index (χ1n) is 7.24. The summed E-state index contributed by atoms with van der Waals surface area (Å²) in [5.74, 6) is 0.651. The first-order valence-corrected chi connectivity index (χ1v) is 8.68. The van der Waals surface area contributed by atoms with Gasteiger partial charge in [-0.05, 0) is 38.0 Å². The summed E-state index contributed by atoms with van der Waals surface area (Å²) in [4.78, 5) is 0. The van der Waals surface area contributed by atoms with Crippen molar-refractivity contribution in [1.82, 2.24) is 9.03 Å². The number of rotatable bonds is 4. The number of nitrogens with one attached hydrogen (secondary N) is 1. The van der Waals surface area contributed by atoms with Gasteiger partial charge in [0.15, 0.2) is 0 Å². The molecule has 2 fully saturated rings. The zero-order valence-electron chi connectivity index (χ0n) is 11.6. The summed E-state index contributed by atoms with van der Waals surface area (Å²) in [6, 6.07) is 0.353. The Bertz CT molecular complexity index is 363. The van der Waals surface area contributed by atoms with Gasteiger partial charge in [0.05, 0.1) is 0 Å². The summed E-state index contributed by atoms with van der Waals surface area (Å²) in [5.41, 5.74) is 0. The van der Waals surface area contributed by atoms with Crippen LogP contribution in [-0.2, 0) is 10.2 Å². The maximum Gasteiger partial charge on any atom is 0.279 e. The van der Waals surface area contributed by atoms with Gasteiger partial charge in [0.25, 0.3) is 10.2 Å². The Hall–Kier alpha value is -0.130. The van der Waals surface area contributed by atoms with Gasteiger partial charge in [-0.2, -0.15) is 17.4 Å². The molecule has 0 aliphatic heterocycles. The molecule has 2 rings (SSSR count). The highest BCUT2D eigenvalue weighted by molar-refractivity contribution is 7.87. The standard InChI is InChI=1S/C13H26N2O2S/c1-11-8-9-12(10-11)14-18(16,17)15(2)13-6-4-3-5-7-13/h11-14H,3-10H2,1-2H3. The molecule has 0 bridgehead atoms. The van der Waals surface area contributed by atoms with Gasteiger partial charge in [0, 0.05) is 19.1 Å². The Morgan fingerprint density at radius 2 is 1.72 bits per heavy atom. The second-order valence-corrected chi connectivity index (χ2v) is 7.81. The summed E-state index contributed by atoms with van der Waals surface area (Å²) in [6.45, 7) is 2.19. The molecule has 0 aromatic rings. The first-order chi connectivity index (χ1) is 8.49. The SMILES string of the molecule is CC1CCC(NS(=O)(=O)N(C)C2CCCCC2)C1. The second kappa shape index (κ2) is 5.88. The third kappa shape index (κ3) is 3.45. The highest BCUT2D eigenvalue weighted by Crippen LogP contribution is 2.27. The predicted octanol–water partition coefficient (Wildman–Crippen LogP) is 2.27. The van der Waals surface area contributed by atoms with Crippen LogP contribution in [-0.4, -0.2) is 31.9 Å². The average molecular weight is 274 g/mol. The lowest BCUT2D eigenvalue weighted by Crippen LogP contribution is -2.47. The van der Waals surface area contributed by atoms with E-state index in [1.165, 1.54) is 6.42 Å². The van der Waals surface area contributed by atoms with Gasteiger partial charge in [-0.25, -0.2) is 0 Å². The van der Waals surface area contributed by atoms with E-state index in [0.717, 1.165) is 44.9 Å². The molecular weight excluding hydrogens is 248 g/mol. The van der Waals surface area contributed by atoms with Gasteiger partial charge in [-0.15, -0.1) is 0 Å². The van der Waals surface area contributed by atoms with E-state index in [-0.39, 0.29) is 12.1 Å². The molecule has 2 aliphatic rings. The molecule has 0 aromatic carbocycles. The Morgan fingerprint density at radius 1 is 1.06 bits per heavy atom. The van der Waals surface area contributed by atoms with Gasteiger partial charge in [-0.3, -0.25) is 0 Å². The lowest BCUT2D eigenvalue weighted by Gasteiger charge is -2.31. The Morgan fingerprint density at radius 3 is 2.28 bits per heavy atom. The van der Waals surface area contributed by atoms with Crippen molar-refractivity contribution in [2.75, 3.05) is 7.05 Å². The van der Waals surface area contributed by atoms with Crippen molar-refractivity contribution >= 4 is 10.2 Å². The zero-order valence-corrected chi connectivity index (χ0v) is 12.4. The van der Waals surface area contributed by atoms with E-state index in [4.69, 9.17) is 0 Å². The van der Waals surface area contributed by atoms with Crippen molar-refractivity contribution in [3.05, 3.63) is 0 Å². The summed E-state index contributed by atoms with van der Waals surface area (Å²) < 4.78 is 29.1. The second-order valence-electron chi connectivity index (χ2n) is 6.05. The quantitative estimate of drug-likeness (QED) is 0.855. The molecular formula is C13H26N2O2S. The fourth-order valence-corrected chi connectivity index (χ4v) is 4.65. The molecule has 106 valence electrons. The predicted molar refractivity (Wildman–Crippen MR) is 73.5 cm³/mol. The van der Waals surface area contributed by atoms with E-state index in [9.17, 15) is 8.42 Å². The molecule has 18 heavy (non-hydrogen) atoms. The normalized spacial score (nSPS) is 31.1. The van der Waals surface area contributed by atoms with Crippen molar-refractivity contribution in [3.63, 3.8) is 0 Å². The lowest BCUT2D eigenvalue weighted by atomic mass is 9.96. The monoisotopic (exact) mass is 274 g/mol. The third-order valence-corrected chi connectivity index (χ3v) is 6.17. The van der Waals surface area contributed by atoms with Crippen LogP contribution in [0.25, 0.3) is 0 Å². The Kier molecular flexibility index (Phi) is 4.67. The highest BCUT2D eigenvalue weighted by atomic mass is 32.2. The minimum atomic E-state index is -3.28. The van der Waals surface area contributed by atoms with Crippen LogP contribution in [0.5, 0.6) is 0 Å². The maximum absolute atomic E-state index is 12.3. The number of hydrogen-bond donors (Lipinski definition) is 1. The molecule has 2 unspecified atom stereocenters. The molecule has 0 saturated heterocycles. The van der Waals surface area contributed by atoms with Crippen molar-refractivity contribution in [2.24, 2.45) is 5.92 Å². The van der Waals surface area contributed by atoms with E-state index in [0.29, 0.717) is 5.92 Å². The molecule has 2 saturated carbocycles. The van der Waals surface area contributed by atoms with Crippen LogP contribution in [0.2, 0.25) is 0 Å². The summed E-state index contributed by atoms with van der Waals surface area (Å²) in [5, 5.41) is 0. The van der Waals surface area contributed by atoms with E-state index >= 15 is 0 Å². The van der Waals surface area contributed by atoms with Gasteiger partial charge in [0.2, 0.25) is 0 Å². The lowest BCUT2D eigenvalue weighted by molar-refractivity contribution is 0.281. The zero-order chi connectivity index (χ0) is 13.2. The average Bonchev–Trinajstić information content (AvgIpc) is 2.74. The molecule has 2 aliphatic carbocycles. The van der Waals surface area contributed by atoms with Crippen LogP contribution in [0.15, 0.2) is 0 Å². The summed E-state index contributed by atoms with van der Waals surface area (Å²) >= 11 is 0. The van der Waals surface area contributed by atoms with Crippen molar-refractivity contribution in [2.45, 2.75) is 70.4 Å². The Labute approximate surface area is 111 Å². The third-order valence-electron chi connectivity index (χ3n) is 4.48. The fraction of sp³-hybridized carbons (Fsp3) is 1.00. The molecule has 5 heteroatoms.